The first-order chi connectivity index (χ1) is 22.3. The first-order valence-electron chi connectivity index (χ1n) is 15.4. The maximum absolute atomic E-state index is 6.55. The van der Waals surface area contributed by atoms with E-state index in [1.807, 2.05) is 43.5 Å². The third-order valence-corrected chi connectivity index (χ3v) is 8.57. The first kappa shape index (κ1) is 26.9. The molecule has 2 unspecified atom stereocenters. The van der Waals surface area contributed by atoms with E-state index in [0.717, 1.165) is 56.1 Å². The van der Waals surface area contributed by atoms with Crippen molar-refractivity contribution in [2.24, 2.45) is 5.92 Å². The summed E-state index contributed by atoms with van der Waals surface area (Å²) in [5, 5.41) is 1.17. The van der Waals surface area contributed by atoms with Crippen molar-refractivity contribution < 1.29 is 4.74 Å². The lowest BCUT2D eigenvalue weighted by molar-refractivity contribution is 0.143. The lowest BCUT2D eigenvalue weighted by Crippen LogP contribution is -2.19. The van der Waals surface area contributed by atoms with E-state index >= 15 is 0 Å². The summed E-state index contributed by atoms with van der Waals surface area (Å²) in [6, 6.07) is 42.0. The van der Waals surface area contributed by atoms with Gasteiger partial charge in [0.05, 0.1) is 28.9 Å². The Morgan fingerprint density at radius 1 is 0.711 bits per heavy atom. The fourth-order valence-electron chi connectivity index (χ4n) is 6.54. The van der Waals surface area contributed by atoms with Crippen LogP contribution in [-0.4, -0.2) is 14.5 Å². The third kappa shape index (κ3) is 4.72. The number of benzene rings is 4. The molecule has 0 saturated carbocycles. The van der Waals surface area contributed by atoms with Gasteiger partial charge in [0.25, 0.3) is 0 Å². The van der Waals surface area contributed by atoms with Gasteiger partial charge < -0.3 is 9.30 Å². The monoisotopic (exact) mass is 581 g/mol. The Kier molecular flexibility index (Phi) is 6.80. The molecule has 8 rings (SSSR count). The van der Waals surface area contributed by atoms with Gasteiger partial charge in [-0.2, -0.15) is 0 Å². The molecule has 2 aromatic heterocycles. The van der Waals surface area contributed by atoms with Crippen LogP contribution in [0.4, 0.5) is 0 Å². The van der Waals surface area contributed by atoms with Crippen molar-refractivity contribution in [3.63, 3.8) is 0 Å². The molecule has 1 aliphatic carbocycles. The summed E-state index contributed by atoms with van der Waals surface area (Å²) >= 11 is 0. The summed E-state index contributed by atoms with van der Waals surface area (Å²) < 4.78 is 8.93. The number of hydrogen-bond acceptors (Lipinski definition) is 3. The van der Waals surface area contributed by atoms with E-state index in [1.165, 1.54) is 5.39 Å². The molecular formula is C41H31N3O. The van der Waals surface area contributed by atoms with Gasteiger partial charge in [-0.05, 0) is 36.8 Å². The minimum atomic E-state index is -0.175. The van der Waals surface area contributed by atoms with Crippen LogP contribution in [0.15, 0.2) is 164 Å². The van der Waals surface area contributed by atoms with Crippen molar-refractivity contribution in [1.82, 2.24) is 14.5 Å². The van der Waals surface area contributed by atoms with Crippen molar-refractivity contribution in [3.05, 3.63) is 180 Å². The summed E-state index contributed by atoms with van der Waals surface area (Å²) in [7, 11) is 0. The zero-order valence-corrected chi connectivity index (χ0v) is 24.9. The first-order valence-corrected chi connectivity index (χ1v) is 15.4. The number of hydrogen-bond donors (Lipinski definition) is 0. The molecule has 4 nitrogen and oxygen atoms in total. The highest BCUT2D eigenvalue weighted by atomic mass is 16.5. The summed E-state index contributed by atoms with van der Waals surface area (Å²) in [5.41, 5.74) is 10.6. The van der Waals surface area contributed by atoms with E-state index in [4.69, 9.17) is 14.7 Å². The number of nitrogens with zero attached hydrogens (tertiary/aromatic N) is 3. The Morgan fingerprint density at radius 2 is 1.38 bits per heavy atom. The Hall–Kier alpha value is -5.74. The van der Waals surface area contributed by atoms with Gasteiger partial charge in [0.15, 0.2) is 5.82 Å². The molecule has 0 spiro atoms. The van der Waals surface area contributed by atoms with Crippen molar-refractivity contribution >= 4 is 16.5 Å². The molecular weight excluding hydrogens is 550 g/mol. The quantitative estimate of drug-likeness (QED) is 0.184. The maximum atomic E-state index is 6.55. The molecule has 2 aliphatic rings. The van der Waals surface area contributed by atoms with E-state index in [2.05, 4.69) is 126 Å². The maximum Gasteiger partial charge on any atom is 0.160 e. The molecule has 216 valence electrons. The number of aromatic nitrogens is 3. The molecule has 0 amide bonds. The molecule has 0 fully saturated rings. The SMILES string of the molecule is C/C=C\C=C/C1=COC2c3c(c4ccccc4n3-c3ccccc3)C(c3cc(-c4ccccc4)nc(-c4ccccc4)n3)=CC12. The van der Waals surface area contributed by atoms with Gasteiger partial charge in [-0.25, -0.2) is 9.97 Å². The number of fused-ring (bicyclic) bond motifs is 5. The molecule has 6 aromatic rings. The van der Waals surface area contributed by atoms with Gasteiger partial charge in [-0.1, -0.05) is 127 Å². The Labute approximate surface area is 263 Å². The van der Waals surface area contributed by atoms with Crippen LogP contribution in [0.2, 0.25) is 0 Å². The highest BCUT2D eigenvalue weighted by Crippen LogP contribution is 2.52. The average molecular weight is 582 g/mol. The van der Waals surface area contributed by atoms with E-state index < -0.39 is 0 Å². The molecule has 45 heavy (non-hydrogen) atoms. The molecule has 0 saturated heterocycles. The zero-order valence-electron chi connectivity index (χ0n) is 24.9. The summed E-state index contributed by atoms with van der Waals surface area (Å²) in [6.07, 6.45) is 12.4. The van der Waals surface area contributed by atoms with Crippen LogP contribution < -0.4 is 0 Å². The number of allylic oxidation sites excluding steroid dienone is 4. The second kappa shape index (κ2) is 11.4. The predicted molar refractivity (Wildman–Crippen MR) is 183 cm³/mol. The standard InChI is InChI=1S/C41H31N3O/c1-2-3-7-20-30-27-45-40-33(30)25-34(38-32-23-14-15-24-37(32)44(39(38)40)31-21-12-6-13-22-31)36-26-35(28-16-8-4-9-17-28)42-41(43-36)29-18-10-5-11-19-29/h2-27,33,40H,1H3/b3-2-,20-7-. The molecule has 4 aromatic carbocycles. The van der Waals surface area contributed by atoms with Crippen LogP contribution in [-0.2, 0) is 4.74 Å². The third-order valence-electron chi connectivity index (χ3n) is 8.57. The zero-order chi connectivity index (χ0) is 30.2. The second-order valence-corrected chi connectivity index (χ2v) is 11.3. The van der Waals surface area contributed by atoms with Crippen LogP contribution in [0, 0.1) is 5.92 Å². The number of ether oxygens (including phenoxy) is 1. The smallest absolute Gasteiger partial charge is 0.160 e. The van der Waals surface area contributed by atoms with Crippen molar-refractivity contribution in [1.29, 1.82) is 0 Å². The highest BCUT2D eigenvalue weighted by molar-refractivity contribution is 6.01. The fraction of sp³-hybridized carbons (Fsp3) is 0.0732. The van der Waals surface area contributed by atoms with Gasteiger partial charge >= 0.3 is 0 Å². The normalized spacial score (nSPS) is 17.3. The van der Waals surface area contributed by atoms with Crippen molar-refractivity contribution in [2.75, 3.05) is 0 Å². The predicted octanol–water partition coefficient (Wildman–Crippen LogP) is 9.90. The fourth-order valence-corrected chi connectivity index (χ4v) is 6.54. The molecule has 0 radical (unpaired) electrons. The van der Waals surface area contributed by atoms with Crippen LogP contribution in [0.1, 0.15) is 30.0 Å². The molecule has 1 aliphatic heterocycles. The van der Waals surface area contributed by atoms with Crippen LogP contribution >= 0.6 is 0 Å². The van der Waals surface area contributed by atoms with E-state index in [9.17, 15) is 0 Å². The van der Waals surface area contributed by atoms with E-state index in [0.29, 0.717) is 5.82 Å². The van der Waals surface area contributed by atoms with Crippen molar-refractivity contribution in [3.8, 4) is 28.3 Å². The average Bonchev–Trinajstić information content (AvgIpc) is 3.68. The molecule has 3 heterocycles. The largest absolute Gasteiger partial charge is 0.490 e. The lowest BCUT2D eigenvalue weighted by Gasteiger charge is -2.28. The lowest BCUT2D eigenvalue weighted by atomic mass is 9.81. The summed E-state index contributed by atoms with van der Waals surface area (Å²) in [6.45, 7) is 2.03. The van der Waals surface area contributed by atoms with Gasteiger partial charge in [0.2, 0.25) is 0 Å². The van der Waals surface area contributed by atoms with Gasteiger partial charge in [0, 0.05) is 39.3 Å². The van der Waals surface area contributed by atoms with Crippen LogP contribution in [0.3, 0.4) is 0 Å². The number of para-hydroxylation sites is 2. The van der Waals surface area contributed by atoms with Gasteiger partial charge in [-0.3, -0.25) is 0 Å². The Morgan fingerprint density at radius 3 is 2.13 bits per heavy atom. The van der Waals surface area contributed by atoms with Crippen LogP contribution in [0.25, 0.3) is 44.8 Å². The highest BCUT2D eigenvalue weighted by Gasteiger charge is 2.41. The molecule has 2 atom stereocenters. The molecule has 0 bridgehead atoms. The second-order valence-electron chi connectivity index (χ2n) is 11.3. The Bertz CT molecular complexity index is 2080. The minimum absolute atomic E-state index is 0.0103. The summed E-state index contributed by atoms with van der Waals surface area (Å²) in [4.78, 5) is 10.3. The number of rotatable bonds is 6. The Balaban J connectivity index is 1.42. The minimum Gasteiger partial charge on any atom is -0.490 e. The molecule has 0 N–H and O–H groups in total. The summed E-state index contributed by atoms with van der Waals surface area (Å²) in [5.74, 6) is 0.714. The van der Waals surface area contributed by atoms with Gasteiger partial charge in [-0.15, -0.1) is 0 Å². The van der Waals surface area contributed by atoms with E-state index in [-0.39, 0.29) is 12.0 Å². The molecule has 4 heteroatoms. The van der Waals surface area contributed by atoms with Crippen LogP contribution in [0.5, 0.6) is 0 Å². The van der Waals surface area contributed by atoms with Gasteiger partial charge in [0.1, 0.15) is 6.10 Å². The van der Waals surface area contributed by atoms with E-state index in [1.54, 1.807) is 0 Å². The topological polar surface area (TPSA) is 39.9 Å². The van der Waals surface area contributed by atoms with Crippen molar-refractivity contribution in [2.45, 2.75) is 13.0 Å².